The van der Waals surface area contributed by atoms with Crippen molar-refractivity contribution in [3.05, 3.63) is 0 Å². The topological polar surface area (TPSA) is 17.1 Å². The quantitative estimate of drug-likeness (QED) is 0.626. The Kier molecular flexibility index (Phi) is 4.90. The minimum absolute atomic E-state index is 0.0472. The van der Waals surface area contributed by atoms with Gasteiger partial charge in [-0.1, -0.05) is 54.3 Å². The van der Waals surface area contributed by atoms with Crippen LogP contribution in [0.4, 0.5) is 0 Å². The van der Waals surface area contributed by atoms with Crippen molar-refractivity contribution in [3.63, 3.8) is 0 Å². The second-order valence-electron chi connectivity index (χ2n) is 5.84. The van der Waals surface area contributed by atoms with Crippen LogP contribution in [0.2, 0.25) is 11.6 Å². The number of Topliss-reactive ketones (excluding diaryl/α,β-unsaturated/α-hetero) is 1. The van der Waals surface area contributed by atoms with E-state index in [2.05, 4.69) is 41.9 Å². The minimum Gasteiger partial charge on any atom is -0.300 e. The highest BCUT2D eigenvalue weighted by molar-refractivity contribution is 6.46. The summed E-state index contributed by atoms with van der Waals surface area (Å²) in [5.74, 6) is 1.06. The molecule has 14 heavy (non-hydrogen) atoms. The van der Waals surface area contributed by atoms with Crippen LogP contribution in [-0.2, 0) is 4.79 Å². The van der Waals surface area contributed by atoms with Crippen LogP contribution < -0.4 is 0 Å². The summed E-state index contributed by atoms with van der Waals surface area (Å²) >= 11 is 0. The van der Waals surface area contributed by atoms with Crippen LogP contribution in [0.15, 0.2) is 0 Å². The third-order valence-corrected chi connectivity index (χ3v) is 2.39. The lowest BCUT2D eigenvalue weighted by atomic mass is 9.47. The summed E-state index contributed by atoms with van der Waals surface area (Å²) in [6.07, 6.45) is 0. The molecule has 1 radical (unpaired) electrons. The zero-order chi connectivity index (χ0) is 11.5. The van der Waals surface area contributed by atoms with Gasteiger partial charge in [0.2, 0.25) is 0 Å². The summed E-state index contributed by atoms with van der Waals surface area (Å²) in [6.45, 7) is 14.6. The van der Waals surface area contributed by atoms with Gasteiger partial charge in [-0.05, 0) is 11.2 Å². The molecule has 1 nitrogen and oxygen atoms in total. The van der Waals surface area contributed by atoms with Crippen molar-refractivity contribution in [3.8, 4) is 0 Å². The standard InChI is InChI=1S/C12H24BO/c1-8(2)10(14)11(12(5,6)7)13-9(3)4/h8-9,11H,1-7H3/t11-/m1/s1. The van der Waals surface area contributed by atoms with Crippen molar-refractivity contribution in [2.45, 2.75) is 60.1 Å². The van der Waals surface area contributed by atoms with Crippen molar-refractivity contribution in [2.75, 3.05) is 0 Å². The van der Waals surface area contributed by atoms with Gasteiger partial charge in [0, 0.05) is 5.92 Å². The lowest BCUT2D eigenvalue weighted by Gasteiger charge is -2.31. The van der Waals surface area contributed by atoms with Crippen LogP contribution in [0, 0.1) is 11.3 Å². The molecular formula is C12H24BO. The summed E-state index contributed by atoms with van der Waals surface area (Å²) in [4.78, 5) is 12.0. The van der Waals surface area contributed by atoms with E-state index in [0.29, 0.717) is 11.6 Å². The van der Waals surface area contributed by atoms with Crippen molar-refractivity contribution in [1.29, 1.82) is 0 Å². The number of carbonyl (C=O) groups is 1. The molecule has 0 spiro atoms. The first-order chi connectivity index (χ1) is 6.16. The van der Waals surface area contributed by atoms with Gasteiger partial charge in [-0.3, -0.25) is 4.79 Å². The number of ketones is 1. The molecule has 0 aliphatic heterocycles. The van der Waals surface area contributed by atoms with E-state index in [4.69, 9.17) is 0 Å². The van der Waals surface area contributed by atoms with Gasteiger partial charge in [0.15, 0.2) is 0 Å². The lowest BCUT2D eigenvalue weighted by Crippen LogP contribution is -2.31. The maximum atomic E-state index is 12.0. The van der Waals surface area contributed by atoms with Gasteiger partial charge >= 0.3 is 0 Å². The Labute approximate surface area is 89.9 Å². The molecule has 0 saturated heterocycles. The highest BCUT2D eigenvalue weighted by atomic mass is 16.1. The Bertz CT molecular complexity index is 189. The number of rotatable bonds is 4. The zero-order valence-corrected chi connectivity index (χ0v) is 10.7. The van der Waals surface area contributed by atoms with Gasteiger partial charge in [0.05, 0.1) is 0 Å². The molecule has 0 N–H and O–H groups in total. The third kappa shape index (κ3) is 4.30. The second kappa shape index (κ2) is 5.00. The van der Waals surface area contributed by atoms with E-state index in [1.165, 1.54) is 0 Å². The largest absolute Gasteiger partial charge is 0.300 e. The van der Waals surface area contributed by atoms with Gasteiger partial charge in [-0.2, -0.15) is 0 Å². The van der Waals surface area contributed by atoms with Crippen LogP contribution >= 0.6 is 0 Å². The molecule has 0 aromatic rings. The monoisotopic (exact) mass is 195 g/mol. The van der Waals surface area contributed by atoms with E-state index in [0.717, 1.165) is 0 Å². The van der Waals surface area contributed by atoms with E-state index in [-0.39, 0.29) is 17.2 Å². The fourth-order valence-corrected chi connectivity index (χ4v) is 1.55. The van der Waals surface area contributed by atoms with Crippen molar-refractivity contribution >= 4 is 13.1 Å². The van der Waals surface area contributed by atoms with Gasteiger partial charge in [-0.15, -0.1) is 0 Å². The molecule has 81 valence electrons. The Morgan fingerprint density at radius 3 is 1.71 bits per heavy atom. The Hall–Kier alpha value is -0.265. The summed E-state index contributed by atoms with van der Waals surface area (Å²) in [6, 6.07) is 0. The second-order valence-corrected chi connectivity index (χ2v) is 5.84. The Morgan fingerprint density at radius 2 is 1.50 bits per heavy atom. The highest BCUT2D eigenvalue weighted by Gasteiger charge is 2.32. The summed E-state index contributed by atoms with van der Waals surface area (Å²) in [5.41, 5.74) is 0.0472. The molecule has 0 unspecified atom stereocenters. The first-order valence-corrected chi connectivity index (χ1v) is 5.55. The highest BCUT2D eigenvalue weighted by Crippen LogP contribution is 2.35. The molecule has 0 heterocycles. The zero-order valence-electron chi connectivity index (χ0n) is 10.7. The minimum atomic E-state index is 0.0472. The molecule has 2 heteroatoms. The SMILES string of the molecule is CC(C)[B][C@H](C(=O)C(C)C)C(C)(C)C. The van der Waals surface area contributed by atoms with Crippen LogP contribution in [0.25, 0.3) is 0 Å². The molecule has 0 saturated carbocycles. The van der Waals surface area contributed by atoms with Crippen molar-refractivity contribution < 1.29 is 4.79 Å². The number of hydrogen-bond acceptors (Lipinski definition) is 1. The summed E-state index contributed by atoms with van der Waals surface area (Å²) in [7, 11) is 2.18. The predicted octanol–water partition coefficient (Wildman–Crippen LogP) is 3.58. The van der Waals surface area contributed by atoms with Crippen LogP contribution in [0.5, 0.6) is 0 Å². The molecule has 0 fully saturated rings. The normalized spacial score (nSPS) is 14.6. The summed E-state index contributed by atoms with van der Waals surface area (Å²) < 4.78 is 0. The van der Waals surface area contributed by atoms with Crippen molar-refractivity contribution in [2.24, 2.45) is 11.3 Å². The summed E-state index contributed by atoms with van der Waals surface area (Å²) in [5, 5.41) is 0. The smallest absolute Gasteiger partial charge is 0.131 e. The molecule has 0 bridgehead atoms. The maximum Gasteiger partial charge on any atom is 0.131 e. The predicted molar refractivity (Wildman–Crippen MR) is 63.9 cm³/mol. The molecule has 0 aliphatic carbocycles. The van der Waals surface area contributed by atoms with E-state index < -0.39 is 0 Å². The van der Waals surface area contributed by atoms with Gasteiger partial charge in [0.25, 0.3) is 0 Å². The first-order valence-electron chi connectivity index (χ1n) is 5.55. The van der Waals surface area contributed by atoms with Crippen LogP contribution in [-0.4, -0.2) is 13.1 Å². The van der Waals surface area contributed by atoms with Crippen LogP contribution in [0.3, 0.4) is 0 Å². The van der Waals surface area contributed by atoms with Crippen molar-refractivity contribution in [1.82, 2.24) is 0 Å². The molecule has 0 rings (SSSR count). The van der Waals surface area contributed by atoms with Gasteiger partial charge in [-0.25, -0.2) is 0 Å². The number of hydrogen-bond donors (Lipinski definition) is 0. The average Bonchev–Trinajstić information content (AvgIpc) is 1.96. The Balaban J connectivity index is 4.65. The Morgan fingerprint density at radius 1 is 1.07 bits per heavy atom. The fraction of sp³-hybridized carbons (Fsp3) is 0.917. The van der Waals surface area contributed by atoms with Crippen LogP contribution in [0.1, 0.15) is 48.5 Å². The maximum absolute atomic E-state index is 12.0. The molecule has 0 aromatic heterocycles. The van der Waals surface area contributed by atoms with E-state index >= 15 is 0 Å². The lowest BCUT2D eigenvalue weighted by molar-refractivity contribution is -0.123. The van der Waals surface area contributed by atoms with E-state index in [9.17, 15) is 4.79 Å². The third-order valence-electron chi connectivity index (χ3n) is 2.39. The van der Waals surface area contributed by atoms with E-state index in [1.807, 2.05) is 13.8 Å². The fourth-order valence-electron chi connectivity index (χ4n) is 1.55. The number of carbonyl (C=O) groups excluding carboxylic acids is 1. The molecular weight excluding hydrogens is 171 g/mol. The van der Waals surface area contributed by atoms with Gasteiger partial charge < -0.3 is 0 Å². The van der Waals surface area contributed by atoms with Gasteiger partial charge in [0.1, 0.15) is 13.1 Å². The first kappa shape index (κ1) is 13.7. The molecule has 0 amide bonds. The average molecular weight is 195 g/mol. The van der Waals surface area contributed by atoms with E-state index in [1.54, 1.807) is 0 Å². The molecule has 0 aromatic carbocycles. The molecule has 0 aliphatic rings. The molecule has 1 atom stereocenters.